The molecule has 1 aromatic heterocycles. The molecule has 0 aliphatic heterocycles. The molecule has 1 atom stereocenters. The largest absolute Gasteiger partial charge is 0.382 e. The van der Waals surface area contributed by atoms with Crippen LogP contribution in [0.5, 0.6) is 0 Å². The van der Waals surface area contributed by atoms with Crippen LogP contribution in [0.4, 0.5) is 0 Å². The minimum absolute atomic E-state index is 0.0701. The molecule has 6 nitrogen and oxygen atoms in total. The average molecular weight is 322 g/mol. The summed E-state index contributed by atoms with van der Waals surface area (Å²) >= 11 is 1.28. The summed E-state index contributed by atoms with van der Waals surface area (Å²) in [6.07, 6.45) is 0.784. The highest BCUT2D eigenvalue weighted by atomic mass is 32.2. The van der Waals surface area contributed by atoms with E-state index < -0.39 is 0 Å². The summed E-state index contributed by atoms with van der Waals surface area (Å²) in [6, 6.07) is 2.11. The summed E-state index contributed by atoms with van der Waals surface area (Å²) in [4.78, 5) is 20.5. The van der Waals surface area contributed by atoms with Gasteiger partial charge in [-0.15, -0.1) is 0 Å². The fourth-order valence-electron chi connectivity index (χ4n) is 1.79. The molecule has 0 saturated heterocycles. The van der Waals surface area contributed by atoms with Gasteiger partial charge in [0.2, 0.25) is 5.91 Å². The van der Waals surface area contributed by atoms with E-state index in [0.29, 0.717) is 41.9 Å². The maximum atomic E-state index is 12.1. The Balaban J connectivity index is 2.59. The van der Waals surface area contributed by atoms with Crippen LogP contribution in [0, 0.1) is 25.2 Å². The Hall–Kier alpha value is -1.65. The maximum absolute atomic E-state index is 12.1. The number of rotatable bonds is 8. The zero-order valence-corrected chi connectivity index (χ0v) is 14.3. The molecule has 0 aromatic carbocycles. The second-order valence-electron chi connectivity index (χ2n) is 4.75. The predicted molar refractivity (Wildman–Crippen MR) is 85.7 cm³/mol. The first-order valence-corrected chi connectivity index (χ1v) is 8.15. The predicted octanol–water partition coefficient (Wildman–Crippen LogP) is 1.99. The lowest BCUT2D eigenvalue weighted by Crippen LogP contribution is -2.32. The van der Waals surface area contributed by atoms with Gasteiger partial charge >= 0.3 is 0 Å². The van der Waals surface area contributed by atoms with E-state index in [-0.39, 0.29) is 11.2 Å². The van der Waals surface area contributed by atoms with Crippen LogP contribution in [0.25, 0.3) is 0 Å². The van der Waals surface area contributed by atoms with Crippen LogP contribution < -0.4 is 5.32 Å². The van der Waals surface area contributed by atoms with Crippen molar-refractivity contribution < 1.29 is 9.53 Å². The highest BCUT2D eigenvalue weighted by molar-refractivity contribution is 8.00. The first-order chi connectivity index (χ1) is 10.5. The van der Waals surface area contributed by atoms with Crippen molar-refractivity contribution in [3.63, 3.8) is 0 Å². The molecule has 0 aliphatic rings. The molecule has 0 aliphatic carbocycles. The van der Waals surface area contributed by atoms with Crippen molar-refractivity contribution in [3.8, 4) is 6.07 Å². The monoisotopic (exact) mass is 322 g/mol. The van der Waals surface area contributed by atoms with Crippen molar-refractivity contribution in [2.45, 2.75) is 44.4 Å². The molecule has 120 valence electrons. The number of hydrogen-bond donors (Lipinski definition) is 1. The van der Waals surface area contributed by atoms with Crippen LogP contribution >= 0.6 is 11.8 Å². The molecule has 0 fully saturated rings. The number of aryl methyl sites for hydroxylation is 2. The van der Waals surface area contributed by atoms with Gasteiger partial charge in [0.15, 0.2) is 0 Å². The van der Waals surface area contributed by atoms with Gasteiger partial charge in [-0.3, -0.25) is 4.79 Å². The van der Waals surface area contributed by atoms with Crippen molar-refractivity contribution in [1.29, 1.82) is 5.26 Å². The van der Waals surface area contributed by atoms with Gasteiger partial charge < -0.3 is 10.1 Å². The number of thioether (sulfide) groups is 1. The molecule has 7 heteroatoms. The lowest BCUT2D eigenvalue weighted by molar-refractivity contribution is -0.120. The van der Waals surface area contributed by atoms with Crippen LogP contribution in [0.1, 0.15) is 37.4 Å². The summed E-state index contributed by atoms with van der Waals surface area (Å²) in [5.74, 6) is 0.530. The van der Waals surface area contributed by atoms with Crippen molar-refractivity contribution >= 4 is 17.7 Å². The number of nitrogens with one attached hydrogen (secondary N) is 1. The van der Waals surface area contributed by atoms with E-state index in [9.17, 15) is 10.1 Å². The van der Waals surface area contributed by atoms with Gasteiger partial charge in [0.1, 0.15) is 22.5 Å². The lowest BCUT2D eigenvalue weighted by Gasteiger charge is -2.13. The minimum atomic E-state index is -0.326. The average Bonchev–Trinajstić information content (AvgIpc) is 2.46. The number of aromatic nitrogens is 2. The van der Waals surface area contributed by atoms with Crippen LogP contribution in [0.15, 0.2) is 5.03 Å². The molecule has 0 bridgehead atoms. The van der Waals surface area contributed by atoms with Crippen molar-refractivity contribution in [3.05, 3.63) is 17.1 Å². The third kappa shape index (κ3) is 5.62. The molecule has 22 heavy (non-hydrogen) atoms. The molecule has 0 radical (unpaired) electrons. The van der Waals surface area contributed by atoms with Gasteiger partial charge in [-0.05, 0) is 34.1 Å². The van der Waals surface area contributed by atoms with E-state index in [0.717, 1.165) is 6.42 Å². The Kier molecular flexibility index (Phi) is 7.85. The molecule has 1 unspecified atom stereocenters. The van der Waals surface area contributed by atoms with E-state index in [2.05, 4.69) is 21.4 Å². The van der Waals surface area contributed by atoms with Gasteiger partial charge in [0.25, 0.3) is 0 Å². The molecule has 1 heterocycles. The summed E-state index contributed by atoms with van der Waals surface area (Å²) in [5, 5.41) is 12.3. The third-order valence-electron chi connectivity index (χ3n) is 2.91. The molecule has 1 N–H and O–H groups in total. The molecular formula is C15H22N4O2S. The van der Waals surface area contributed by atoms with E-state index in [1.165, 1.54) is 11.8 Å². The normalized spacial score (nSPS) is 11.8. The maximum Gasteiger partial charge on any atom is 0.233 e. The second-order valence-corrected chi connectivity index (χ2v) is 6.08. The Labute approximate surface area is 135 Å². The van der Waals surface area contributed by atoms with Gasteiger partial charge in [-0.25, -0.2) is 9.97 Å². The molecule has 1 rings (SSSR count). The van der Waals surface area contributed by atoms with E-state index in [1.54, 1.807) is 20.8 Å². The molecule has 1 amide bonds. The smallest absolute Gasteiger partial charge is 0.233 e. The van der Waals surface area contributed by atoms with Crippen molar-refractivity contribution in [1.82, 2.24) is 15.3 Å². The number of carbonyl (C=O) groups excluding carboxylic acids is 1. The Morgan fingerprint density at radius 2 is 2.18 bits per heavy atom. The number of amides is 1. The topological polar surface area (TPSA) is 87.9 Å². The fourth-order valence-corrected chi connectivity index (χ4v) is 2.81. The summed E-state index contributed by atoms with van der Waals surface area (Å²) in [6.45, 7) is 9.19. The number of carbonyl (C=O) groups is 1. The Morgan fingerprint density at radius 1 is 1.45 bits per heavy atom. The number of hydrogen-bond acceptors (Lipinski definition) is 6. The van der Waals surface area contributed by atoms with Crippen LogP contribution in [-0.4, -0.2) is 40.9 Å². The van der Waals surface area contributed by atoms with Crippen LogP contribution in [-0.2, 0) is 9.53 Å². The third-order valence-corrected chi connectivity index (χ3v) is 3.99. The van der Waals surface area contributed by atoms with Crippen molar-refractivity contribution in [2.75, 3.05) is 19.8 Å². The molecule has 1 aromatic rings. The quantitative estimate of drug-likeness (QED) is 0.447. The number of nitriles is 1. The first-order valence-electron chi connectivity index (χ1n) is 7.27. The number of nitrogens with zero attached hydrogens (tertiary/aromatic N) is 3. The van der Waals surface area contributed by atoms with Crippen molar-refractivity contribution in [2.24, 2.45) is 0 Å². The summed E-state index contributed by atoms with van der Waals surface area (Å²) in [7, 11) is 0. The highest BCUT2D eigenvalue weighted by Crippen LogP contribution is 2.26. The second kappa shape index (κ2) is 9.38. The lowest BCUT2D eigenvalue weighted by atomic mass is 10.3. The minimum Gasteiger partial charge on any atom is -0.382 e. The molecular weight excluding hydrogens is 300 g/mol. The van der Waals surface area contributed by atoms with Gasteiger partial charge in [-0.2, -0.15) is 5.26 Å². The first kappa shape index (κ1) is 18.4. The zero-order valence-electron chi connectivity index (χ0n) is 13.5. The van der Waals surface area contributed by atoms with Gasteiger partial charge in [0, 0.05) is 19.8 Å². The van der Waals surface area contributed by atoms with E-state index >= 15 is 0 Å². The zero-order chi connectivity index (χ0) is 16.5. The van der Waals surface area contributed by atoms with E-state index in [1.807, 2.05) is 6.92 Å². The summed E-state index contributed by atoms with van der Waals surface area (Å²) < 4.78 is 5.22. The highest BCUT2D eigenvalue weighted by Gasteiger charge is 2.18. The Morgan fingerprint density at radius 3 is 2.82 bits per heavy atom. The standard InChI is InChI=1S/C15H22N4O2S/c1-5-21-8-6-7-17-14(20)11(3)22-15-13(9-16)10(2)18-12(4)19-15/h11H,5-8H2,1-4H3,(H,17,20). The SMILES string of the molecule is CCOCCCNC(=O)C(C)Sc1nc(C)nc(C)c1C#N. The van der Waals surface area contributed by atoms with Gasteiger partial charge in [0.05, 0.1) is 10.9 Å². The molecule has 0 spiro atoms. The molecule has 0 saturated carbocycles. The van der Waals surface area contributed by atoms with Gasteiger partial charge in [-0.1, -0.05) is 11.8 Å². The Bertz CT molecular complexity index is 557. The van der Waals surface area contributed by atoms with Crippen LogP contribution in [0.2, 0.25) is 0 Å². The number of ether oxygens (including phenoxy) is 1. The fraction of sp³-hybridized carbons (Fsp3) is 0.600. The van der Waals surface area contributed by atoms with E-state index in [4.69, 9.17) is 4.74 Å². The summed E-state index contributed by atoms with van der Waals surface area (Å²) in [5.41, 5.74) is 1.08. The van der Waals surface area contributed by atoms with Crippen LogP contribution in [0.3, 0.4) is 0 Å².